The fourth-order valence-corrected chi connectivity index (χ4v) is 7.62. The van der Waals surface area contributed by atoms with Gasteiger partial charge in [0, 0.05) is 56.1 Å². The number of benzene rings is 1. The molecule has 1 aromatic carbocycles. The smallest absolute Gasteiger partial charge is 0.262 e. The summed E-state index contributed by atoms with van der Waals surface area (Å²) in [4.78, 5) is 31.2. The molecule has 43 heavy (non-hydrogen) atoms. The van der Waals surface area contributed by atoms with E-state index in [1.165, 1.54) is 6.07 Å². The molecule has 1 saturated heterocycles. The van der Waals surface area contributed by atoms with Crippen LogP contribution in [0.25, 0.3) is 16.6 Å². The lowest BCUT2D eigenvalue weighted by molar-refractivity contribution is -0.137. The molecular weight excluding hydrogens is 570 g/mol. The molecule has 3 fully saturated rings. The minimum Gasteiger partial charge on any atom is -0.366 e. The second-order valence-corrected chi connectivity index (χ2v) is 14.2. The summed E-state index contributed by atoms with van der Waals surface area (Å²) < 4.78 is 35.1. The summed E-state index contributed by atoms with van der Waals surface area (Å²) in [5.74, 6) is -0.141. The van der Waals surface area contributed by atoms with Crippen molar-refractivity contribution < 1.29 is 13.2 Å². The highest BCUT2D eigenvalue weighted by molar-refractivity contribution is 7.89. The number of aryl methyl sites for hydroxylation is 1. The highest BCUT2D eigenvalue weighted by Crippen LogP contribution is 2.47. The normalized spacial score (nSPS) is 20.8. The number of hydrogen-bond donors (Lipinski definition) is 1. The molecule has 13 nitrogen and oxygen atoms in total. The number of rotatable bonds is 7. The standard InChI is InChI=1S/C29H33N9O4S/c1-19-15-35(10-11-36(19)27(40)29(18-30)7-8-29)23-13-21(43(41,42)33-28(2)5-6-28)12-22-25(23)38-24(4-9-31-38)37(26(22)39)17-20-14-32-34(3)16-20/h4,9,12-14,16,19,33H,5-8,10-11,15,17H2,1-3H3/t19-/m1/s1. The van der Waals surface area contributed by atoms with Crippen molar-refractivity contribution in [1.82, 2.24) is 33.6 Å². The molecule has 0 unspecified atom stereocenters. The van der Waals surface area contributed by atoms with Crippen LogP contribution in [0, 0.1) is 16.7 Å². The maximum atomic E-state index is 14.2. The molecule has 224 valence electrons. The first-order chi connectivity index (χ1) is 20.4. The maximum Gasteiger partial charge on any atom is 0.262 e. The summed E-state index contributed by atoms with van der Waals surface area (Å²) in [5.41, 5.74) is 0.690. The van der Waals surface area contributed by atoms with Gasteiger partial charge in [0.25, 0.3) is 5.56 Å². The fourth-order valence-electron chi connectivity index (χ4n) is 6.11. The molecule has 0 radical (unpaired) electrons. The fraction of sp³-hybridized carbons (Fsp3) is 0.483. The third-order valence-electron chi connectivity index (χ3n) is 9.04. The van der Waals surface area contributed by atoms with Crippen molar-refractivity contribution in [1.29, 1.82) is 5.26 Å². The average Bonchev–Trinajstić information content (AvgIpc) is 3.81. The number of nitrogens with one attached hydrogen (secondary N) is 1. The van der Waals surface area contributed by atoms with Crippen LogP contribution in [0.2, 0.25) is 0 Å². The Balaban J connectivity index is 1.37. The number of piperazine rings is 1. The van der Waals surface area contributed by atoms with E-state index in [1.54, 1.807) is 50.2 Å². The number of nitrogens with zero attached hydrogens (tertiary/aromatic N) is 8. The van der Waals surface area contributed by atoms with Crippen LogP contribution in [-0.2, 0) is 28.4 Å². The minimum absolute atomic E-state index is 0.00670. The van der Waals surface area contributed by atoms with Crippen LogP contribution in [0.1, 0.15) is 45.1 Å². The van der Waals surface area contributed by atoms with Crippen molar-refractivity contribution in [2.75, 3.05) is 24.5 Å². The van der Waals surface area contributed by atoms with Crippen LogP contribution in [0.4, 0.5) is 5.69 Å². The summed E-state index contributed by atoms with van der Waals surface area (Å²) in [6.07, 6.45) is 7.79. The topological polar surface area (TPSA) is 151 Å². The van der Waals surface area contributed by atoms with Gasteiger partial charge in [-0.3, -0.25) is 18.8 Å². The molecule has 3 aliphatic rings. The molecular formula is C29H33N9O4S. The Morgan fingerprint density at radius 3 is 2.58 bits per heavy atom. The molecule has 1 N–H and O–H groups in total. The number of hydrogen-bond acceptors (Lipinski definition) is 8. The zero-order valence-electron chi connectivity index (χ0n) is 24.3. The van der Waals surface area contributed by atoms with Crippen LogP contribution in [-0.4, -0.2) is 74.4 Å². The van der Waals surface area contributed by atoms with Crippen LogP contribution in [0.3, 0.4) is 0 Å². The molecule has 3 aromatic heterocycles. The minimum atomic E-state index is -3.95. The van der Waals surface area contributed by atoms with Crippen molar-refractivity contribution in [2.24, 2.45) is 12.5 Å². The van der Waals surface area contributed by atoms with Crippen LogP contribution in [0.5, 0.6) is 0 Å². The highest BCUT2D eigenvalue weighted by Gasteiger charge is 2.53. The molecule has 4 heterocycles. The molecule has 7 rings (SSSR count). The maximum absolute atomic E-state index is 14.2. The molecule has 1 aliphatic heterocycles. The van der Waals surface area contributed by atoms with Crippen LogP contribution >= 0.6 is 0 Å². The van der Waals surface area contributed by atoms with Crippen molar-refractivity contribution in [3.8, 4) is 6.07 Å². The Morgan fingerprint density at radius 1 is 1.19 bits per heavy atom. The molecule has 14 heteroatoms. The number of carbonyl (C=O) groups is 1. The Bertz CT molecular complexity index is 2010. The number of anilines is 1. The van der Waals surface area contributed by atoms with E-state index in [-0.39, 0.29) is 34.3 Å². The lowest BCUT2D eigenvalue weighted by Crippen LogP contribution is -2.56. The van der Waals surface area contributed by atoms with Gasteiger partial charge in [0.2, 0.25) is 15.9 Å². The Morgan fingerprint density at radius 2 is 1.95 bits per heavy atom. The average molecular weight is 604 g/mol. The van der Waals surface area contributed by atoms with Gasteiger partial charge in [0.1, 0.15) is 16.6 Å². The monoisotopic (exact) mass is 603 g/mol. The lowest BCUT2D eigenvalue weighted by Gasteiger charge is -2.42. The van der Waals surface area contributed by atoms with Gasteiger partial charge in [-0.05, 0) is 51.7 Å². The van der Waals surface area contributed by atoms with Gasteiger partial charge in [0.05, 0.1) is 41.0 Å². The number of sulfonamides is 1. The van der Waals surface area contributed by atoms with Gasteiger partial charge in [-0.25, -0.2) is 17.7 Å². The Labute approximate surface area is 248 Å². The third-order valence-corrected chi connectivity index (χ3v) is 10.7. The van der Waals surface area contributed by atoms with E-state index in [2.05, 4.69) is 21.0 Å². The molecule has 2 aliphatic carbocycles. The Hall–Kier alpha value is -4.22. The Kier molecular flexibility index (Phi) is 6.03. The van der Waals surface area contributed by atoms with Gasteiger partial charge in [-0.2, -0.15) is 15.5 Å². The van der Waals surface area contributed by atoms with E-state index < -0.39 is 21.0 Å². The lowest BCUT2D eigenvalue weighted by atomic mass is 10.0. The highest BCUT2D eigenvalue weighted by atomic mass is 32.2. The largest absolute Gasteiger partial charge is 0.366 e. The molecule has 4 aromatic rings. The summed E-state index contributed by atoms with van der Waals surface area (Å²) in [6, 6.07) is 6.79. The number of nitriles is 1. The van der Waals surface area contributed by atoms with Gasteiger partial charge in [-0.1, -0.05) is 0 Å². The van der Waals surface area contributed by atoms with Crippen molar-refractivity contribution in [2.45, 2.75) is 62.6 Å². The first-order valence-electron chi connectivity index (χ1n) is 14.5. The van der Waals surface area contributed by atoms with Crippen LogP contribution in [0.15, 0.2) is 46.5 Å². The second-order valence-electron chi connectivity index (χ2n) is 12.5. The van der Waals surface area contributed by atoms with Crippen molar-refractivity contribution in [3.05, 3.63) is 52.7 Å². The number of amides is 1. The van der Waals surface area contributed by atoms with Crippen molar-refractivity contribution in [3.63, 3.8) is 0 Å². The SMILES string of the molecule is C[C@@H]1CN(c2cc(S(=O)(=O)NC3(C)CC3)cc3c(=O)n(Cc4cnn(C)c4)c4ccnn4c23)CCN1C(=O)C1(C#N)CC1. The number of fused-ring (bicyclic) bond motifs is 3. The molecule has 1 atom stereocenters. The van der Waals surface area contributed by atoms with Crippen LogP contribution < -0.4 is 15.2 Å². The quantitative estimate of drug-likeness (QED) is 0.335. The van der Waals surface area contributed by atoms with Gasteiger partial charge in [0.15, 0.2) is 0 Å². The summed E-state index contributed by atoms with van der Waals surface area (Å²) in [5, 5.41) is 18.6. The van der Waals surface area contributed by atoms with Gasteiger partial charge < -0.3 is 9.80 Å². The first kappa shape index (κ1) is 27.6. The molecule has 0 spiro atoms. The summed E-state index contributed by atoms with van der Waals surface area (Å²) in [6.45, 7) is 5.21. The van der Waals surface area contributed by atoms with E-state index in [0.717, 1.165) is 18.4 Å². The number of aromatic nitrogens is 5. The molecule has 2 saturated carbocycles. The van der Waals surface area contributed by atoms with E-state index in [9.17, 15) is 23.3 Å². The predicted octanol–water partition coefficient (Wildman–Crippen LogP) is 1.60. The summed E-state index contributed by atoms with van der Waals surface area (Å²) in [7, 11) is -2.15. The predicted molar refractivity (Wildman–Crippen MR) is 158 cm³/mol. The van der Waals surface area contributed by atoms with Gasteiger partial charge >= 0.3 is 0 Å². The van der Waals surface area contributed by atoms with E-state index >= 15 is 0 Å². The second kappa shape index (κ2) is 9.39. The van der Waals surface area contributed by atoms with E-state index in [1.807, 2.05) is 24.9 Å². The number of carbonyl (C=O) groups excluding carboxylic acids is 1. The molecule has 1 amide bonds. The van der Waals surface area contributed by atoms with Gasteiger partial charge in [-0.15, -0.1) is 0 Å². The summed E-state index contributed by atoms with van der Waals surface area (Å²) >= 11 is 0. The van der Waals surface area contributed by atoms with E-state index in [4.69, 9.17) is 0 Å². The zero-order chi connectivity index (χ0) is 30.3. The third kappa shape index (κ3) is 4.58. The van der Waals surface area contributed by atoms with E-state index in [0.29, 0.717) is 49.3 Å². The van der Waals surface area contributed by atoms with Crippen molar-refractivity contribution >= 4 is 38.2 Å². The molecule has 0 bridgehead atoms. The first-order valence-corrected chi connectivity index (χ1v) is 16.0. The zero-order valence-corrected chi connectivity index (χ0v) is 25.1.